The number of aromatic nitrogens is 4. The molecule has 156 valence electrons. The molecule has 0 unspecified atom stereocenters. The molecule has 4 aromatic rings. The van der Waals surface area contributed by atoms with Crippen molar-refractivity contribution in [1.82, 2.24) is 24.8 Å². The quantitative estimate of drug-likeness (QED) is 0.468. The number of pyridine rings is 3. The molecule has 6 nitrogen and oxygen atoms in total. The highest BCUT2D eigenvalue weighted by Gasteiger charge is 2.27. The number of likely N-dealkylation sites (tertiary alicyclic amines) is 1. The molecule has 0 aliphatic carbocycles. The van der Waals surface area contributed by atoms with E-state index in [9.17, 15) is 4.79 Å². The lowest BCUT2D eigenvalue weighted by atomic mass is 9.92. The van der Waals surface area contributed by atoms with Crippen molar-refractivity contribution in [3.8, 4) is 11.1 Å². The summed E-state index contributed by atoms with van der Waals surface area (Å²) in [5.74, 6) is 0.456. The van der Waals surface area contributed by atoms with E-state index in [4.69, 9.17) is 4.98 Å². The van der Waals surface area contributed by atoms with Gasteiger partial charge in [-0.2, -0.15) is 0 Å². The monoisotopic (exact) mass is 429 g/mol. The van der Waals surface area contributed by atoms with E-state index < -0.39 is 0 Å². The van der Waals surface area contributed by atoms with Crippen molar-refractivity contribution < 1.29 is 4.79 Å². The molecule has 7 heteroatoms. The summed E-state index contributed by atoms with van der Waals surface area (Å²) in [7, 11) is 0. The fourth-order valence-corrected chi connectivity index (χ4v) is 5.09. The van der Waals surface area contributed by atoms with Crippen LogP contribution in [0.25, 0.3) is 22.2 Å². The Labute approximate surface area is 185 Å². The largest absolute Gasteiger partial charge is 0.338 e. The lowest BCUT2D eigenvalue weighted by Crippen LogP contribution is -2.38. The Kier molecular flexibility index (Phi) is 5.19. The smallest absolute Gasteiger partial charge is 0.265 e. The van der Waals surface area contributed by atoms with E-state index >= 15 is 0 Å². The van der Waals surface area contributed by atoms with Gasteiger partial charge in [-0.3, -0.25) is 9.78 Å². The average molecular weight is 430 g/mol. The molecule has 1 aliphatic rings. The number of nitrogens with zero attached hydrogens (tertiary/aromatic N) is 5. The molecule has 0 bridgehead atoms. The lowest BCUT2D eigenvalue weighted by Gasteiger charge is -2.31. The van der Waals surface area contributed by atoms with Gasteiger partial charge in [0, 0.05) is 54.2 Å². The Morgan fingerprint density at radius 2 is 1.81 bits per heavy atom. The van der Waals surface area contributed by atoms with Crippen LogP contribution >= 0.6 is 11.3 Å². The number of hydrogen-bond acceptors (Lipinski definition) is 6. The fraction of sp³-hybridized carbons (Fsp3) is 0.292. The van der Waals surface area contributed by atoms with Crippen LogP contribution in [0.4, 0.5) is 0 Å². The van der Waals surface area contributed by atoms with E-state index in [0.29, 0.717) is 5.92 Å². The predicted octanol–water partition coefficient (Wildman–Crippen LogP) is 4.78. The van der Waals surface area contributed by atoms with Crippen LogP contribution in [0.2, 0.25) is 0 Å². The molecule has 4 aromatic heterocycles. The normalized spacial score (nSPS) is 14.8. The summed E-state index contributed by atoms with van der Waals surface area (Å²) < 4.78 is 0. The molecule has 0 radical (unpaired) electrons. The highest BCUT2D eigenvalue weighted by Crippen LogP contribution is 2.30. The highest BCUT2D eigenvalue weighted by atomic mass is 32.1. The SMILES string of the molecule is Cc1nc(C)c(C(=O)N2CCC(c3ccc4cc(-c5ccncc5)cnc4n3)CC2)s1. The van der Waals surface area contributed by atoms with Gasteiger partial charge >= 0.3 is 0 Å². The van der Waals surface area contributed by atoms with E-state index in [1.165, 1.54) is 11.3 Å². The summed E-state index contributed by atoms with van der Waals surface area (Å²) in [6, 6.07) is 10.3. The number of piperidine rings is 1. The molecule has 0 N–H and O–H groups in total. The van der Waals surface area contributed by atoms with Crippen LogP contribution in [0.3, 0.4) is 0 Å². The molecule has 1 amide bonds. The first-order chi connectivity index (χ1) is 15.1. The first kappa shape index (κ1) is 19.8. The molecular formula is C24H23N5OS. The number of hydrogen-bond donors (Lipinski definition) is 0. The van der Waals surface area contributed by atoms with Crippen molar-refractivity contribution in [3.05, 3.63) is 70.2 Å². The van der Waals surface area contributed by atoms with E-state index in [1.54, 1.807) is 12.4 Å². The maximum absolute atomic E-state index is 12.9. The number of thiazole rings is 1. The van der Waals surface area contributed by atoms with Crippen molar-refractivity contribution in [3.63, 3.8) is 0 Å². The van der Waals surface area contributed by atoms with Gasteiger partial charge in [-0.15, -0.1) is 11.3 Å². The average Bonchev–Trinajstić information content (AvgIpc) is 3.16. The van der Waals surface area contributed by atoms with Gasteiger partial charge in [0.15, 0.2) is 5.65 Å². The second-order valence-electron chi connectivity index (χ2n) is 7.96. The third-order valence-electron chi connectivity index (χ3n) is 5.88. The molecule has 5 rings (SSSR count). The first-order valence-electron chi connectivity index (χ1n) is 10.5. The van der Waals surface area contributed by atoms with Crippen LogP contribution < -0.4 is 0 Å². The van der Waals surface area contributed by atoms with Crippen LogP contribution in [0.15, 0.2) is 48.9 Å². The molecule has 0 atom stereocenters. The third-order valence-corrected chi connectivity index (χ3v) is 6.94. The number of carbonyl (C=O) groups is 1. The standard InChI is InChI=1S/C24H23N5OS/c1-15-22(31-16(2)27-15)24(30)29-11-7-18(8-12-29)21-4-3-19-13-20(14-26-23(19)28-21)17-5-9-25-10-6-17/h3-6,9-10,13-14,18H,7-8,11-12H2,1-2H3. The Morgan fingerprint density at radius 3 is 2.52 bits per heavy atom. The maximum Gasteiger partial charge on any atom is 0.265 e. The lowest BCUT2D eigenvalue weighted by molar-refractivity contribution is 0.0716. The number of carbonyl (C=O) groups excluding carboxylic acids is 1. The Bertz CT molecular complexity index is 1250. The minimum atomic E-state index is 0.110. The molecule has 5 heterocycles. The summed E-state index contributed by atoms with van der Waals surface area (Å²) in [6.07, 6.45) is 7.27. The van der Waals surface area contributed by atoms with Crippen molar-refractivity contribution in [2.24, 2.45) is 0 Å². The fourth-order valence-electron chi connectivity index (χ4n) is 4.21. The summed E-state index contributed by atoms with van der Waals surface area (Å²) in [5, 5.41) is 1.97. The van der Waals surface area contributed by atoms with Gasteiger partial charge in [0.25, 0.3) is 5.91 Å². The number of aryl methyl sites for hydroxylation is 2. The molecule has 1 fully saturated rings. The van der Waals surface area contributed by atoms with Gasteiger partial charge in [-0.05, 0) is 62.6 Å². The second kappa shape index (κ2) is 8.15. The molecule has 0 saturated carbocycles. The van der Waals surface area contributed by atoms with Crippen molar-refractivity contribution in [1.29, 1.82) is 0 Å². The van der Waals surface area contributed by atoms with Gasteiger partial charge in [0.05, 0.1) is 10.7 Å². The van der Waals surface area contributed by atoms with Crippen molar-refractivity contribution in [2.45, 2.75) is 32.6 Å². The summed E-state index contributed by atoms with van der Waals surface area (Å²) >= 11 is 1.49. The predicted molar refractivity (Wildman–Crippen MR) is 122 cm³/mol. The third kappa shape index (κ3) is 3.93. The second-order valence-corrected chi connectivity index (χ2v) is 9.16. The first-order valence-corrected chi connectivity index (χ1v) is 11.3. The van der Waals surface area contributed by atoms with Crippen molar-refractivity contribution in [2.75, 3.05) is 13.1 Å². The molecule has 1 saturated heterocycles. The van der Waals surface area contributed by atoms with Crippen LogP contribution in [0.5, 0.6) is 0 Å². The zero-order valence-corrected chi connectivity index (χ0v) is 18.4. The summed E-state index contributed by atoms with van der Waals surface area (Å²) in [5.41, 5.74) is 4.82. The van der Waals surface area contributed by atoms with Crippen molar-refractivity contribution >= 4 is 28.3 Å². The van der Waals surface area contributed by atoms with Gasteiger partial charge in [0.2, 0.25) is 0 Å². The minimum Gasteiger partial charge on any atom is -0.338 e. The molecule has 0 aromatic carbocycles. The van der Waals surface area contributed by atoms with Crippen LogP contribution in [0.1, 0.15) is 44.8 Å². The molecule has 0 spiro atoms. The molecule has 31 heavy (non-hydrogen) atoms. The van der Waals surface area contributed by atoms with E-state index in [0.717, 1.165) is 69.4 Å². The number of amides is 1. The maximum atomic E-state index is 12.9. The Morgan fingerprint density at radius 1 is 1.03 bits per heavy atom. The van der Waals surface area contributed by atoms with Crippen LogP contribution in [-0.4, -0.2) is 43.8 Å². The Hall–Kier alpha value is -3.19. The highest BCUT2D eigenvalue weighted by molar-refractivity contribution is 7.13. The number of rotatable bonds is 3. The topological polar surface area (TPSA) is 71.9 Å². The Balaban J connectivity index is 1.30. The summed E-state index contributed by atoms with van der Waals surface area (Å²) in [4.78, 5) is 33.5. The van der Waals surface area contributed by atoms with E-state index in [1.807, 2.05) is 37.1 Å². The van der Waals surface area contributed by atoms with Gasteiger partial charge < -0.3 is 4.90 Å². The van der Waals surface area contributed by atoms with E-state index in [2.05, 4.69) is 33.2 Å². The summed E-state index contributed by atoms with van der Waals surface area (Å²) in [6.45, 7) is 5.34. The molecule has 1 aliphatic heterocycles. The van der Waals surface area contributed by atoms with Gasteiger partial charge in [-0.25, -0.2) is 15.0 Å². The minimum absolute atomic E-state index is 0.110. The zero-order chi connectivity index (χ0) is 21.4. The van der Waals surface area contributed by atoms with Crippen LogP contribution in [0, 0.1) is 13.8 Å². The zero-order valence-electron chi connectivity index (χ0n) is 17.6. The van der Waals surface area contributed by atoms with Gasteiger partial charge in [0.1, 0.15) is 4.88 Å². The van der Waals surface area contributed by atoms with Crippen LogP contribution in [-0.2, 0) is 0 Å². The number of fused-ring (bicyclic) bond motifs is 1. The molecular weight excluding hydrogens is 406 g/mol. The van der Waals surface area contributed by atoms with Gasteiger partial charge in [-0.1, -0.05) is 0 Å². The van der Waals surface area contributed by atoms with E-state index in [-0.39, 0.29) is 5.91 Å².